The van der Waals surface area contributed by atoms with Crippen molar-refractivity contribution < 1.29 is 12.8 Å². The van der Waals surface area contributed by atoms with Gasteiger partial charge in [0.15, 0.2) is 6.39 Å². The first-order valence-electron chi connectivity index (χ1n) is 4.41. The number of oxazole rings is 1. The Kier molecular flexibility index (Phi) is 3.65. The van der Waals surface area contributed by atoms with Gasteiger partial charge in [-0.05, 0) is 13.3 Å². The molecule has 0 atom stereocenters. The summed E-state index contributed by atoms with van der Waals surface area (Å²) >= 11 is 0. The molecule has 0 aromatic carbocycles. The topological polar surface area (TPSA) is 72.2 Å². The van der Waals surface area contributed by atoms with Crippen molar-refractivity contribution in [3.05, 3.63) is 17.8 Å². The standard InChI is InChI=1S/C8H14N2O3S/c1-3-4-14(11,12)10-5-8-7(2)9-6-13-8/h6,10H,3-5H2,1-2H3. The van der Waals surface area contributed by atoms with Gasteiger partial charge in [0.25, 0.3) is 0 Å². The van der Waals surface area contributed by atoms with Gasteiger partial charge in [-0.25, -0.2) is 18.1 Å². The summed E-state index contributed by atoms with van der Waals surface area (Å²) in [5.41, 5.74) is 0.712. The second-order valence-corrected chi connectivity index (χ2v) is 4.93. The van der Waals surface area contributed by atoms with Crippen LogP contribution in [0.3, 0.4) is 0 Å². The van der Waals surface area contributed by atoms with E-state index in [9.17, 15) is 8.42 Å². The zero-order valence-electron chi connectivity index (χ0n) is 8.28. The molecular formula is C8H14N2O3S. The molecule has 0 aliphatic heterocycles. The maximum atomic E-state index is 11.3. The second-order valence-electron chi connectivity index (χ2n) is 3.00. The van der Waals surface area contributed by atoms with Gasteiger partial charge in [0.2, 0.25) is 10.0 Å². The summed E-state index contributed by atoms with van der Waals surface area (Å²) in [6.07, 6.45) is 1.91. The molecule has 0 saturated heterocycles. The lowest BCUT2D eigenvalue weighted by Gasteiger charge is -2.03. The molecule has 0 amide bonds. The van der Waals surface area contributed by atoms with Crippen molar-refractivity contribution in [2.24, 2.45) is 0 Å². The van der Waals surface area contributed by atoms with E-state index in [-0.39, 0.29) is 12.3 Å². The molecule has 0 fully saturated rings. The van der Waals surface area contributed by atoms with E-state index in [1.807, 2.05) is 6.92 Å². The van der Waals surface area contributed by atoms with Gasteiger partial charge in [0.1, 0.15) is 5.76 Å². The largest absolute Gasteiger partial charge is 0.447 e. The Morgan fingerprint density at radius 2 is 2.29 bits per heavy atom. The second kappa shape index (κ2) is 4.56. The summed E-state index contributed by atoms with van der Waals surface area (Å²) in [4.78, 5) is 3.86. The van der Waals surface area contributed by atoms with Crippen LogP contribution in [0.25, 0.3) is 0 Å². The van der Waals surface area contributed by atoms with Crippen molar-refractivity contribution in [3.8, 4) is 0 Å². The van der Waals surface area contributed by atoms with Crippen molar-refractivity contribution in [1.82, 2.24) is 9.71 Å². The molecule has 5 nitrogen and oxygen atoms in total. The molecule has 1 rings (SSSR count). The molecule has 0 bridgehead atoms. The van der Waals surface area contributed by atoms with Crippen LogP contribution in [0, 0.1) is 6.92 Å². The van der Waals surface area contributed by atoms with E-state index in [1.54, 1.807) is 6.92 Å². The van der Waals surface area contributed by atoms with Gasteiger partial charge in [-0.2, -0.15) is 0 Å². The normalized spacial score (nSPS) is 11.9. The van der Waals surface area contributed by atoms with E-state index in [1.165, 1.54) is 6.39 Å². The Morgan fingerprint density at radius 1 is 1.57 bits per heavy atom. The highest BCUT2D eigenvalue weighted by Gasteiger charge is 2.10. The van der Waals surface area contributed by atoms with Crippen molar-refractivity contribution in [1.29, 1.82) is 0 Å². The number of sulfonamides is 1. The van der Waals surface area contributed by atoms with Crippen LogP contribution in [0.2, 0.25) is 0 Å². The minimum atomic E-state index is -3.16. The van der Waals surface area contributed by atoms with E-state index >= 15 is 0 Å². The predicted octanol–water partition coefficient (Wildman–Crippen LogP) is 0.812. The first kappa shape index (κ1) is 11.2. The number of hydrogen-bond acceptors (Lipinski definition) is 4. The molecule has 1 heterocycles. The summed E-state index contributed by atoms with van der Waals surface area (Å²) < 4.78 is 30.0. The Labute approximate surface area is 83.6 Å². The average Bonchev–Trinajstić information content (AvgIpc) is 2.48. The first-order chi connectivity index (χ1) is 6.55. The summed E-state index contributed by atoms with van der Waals surface area (Å²) in [7, 11) is -3.16. The molecular weight excluding hydrogens is 204 g/mol. The number of rotatable bonds is 5. The van der Waals surface area contributed by atoms with Crippen LogP contribution < -0.4 is 4.72 Å². The lowest BCUT2D eigenvalue weighted by Crippen LogP contribution is -2.25. The fourth-order valence-corrected chi connectivity index (χ4v) is 2.05. The van der Waals surface area contributed by atoms with Gasteiger partial charge in [-0.3, -0.25) is 0 Å². The van der Waals surface area contributed by atoms with Crippen molar-refractivity contribution in [2.75, 3.05) is 5.75 Å². The minimum absolute atomic E-state index is 0.139. The monoisotopic (exact) mass is 218 g/mol. The maximum Gasteiger partial charge on any atom is 0.211 e. The molecule has 0 aliphatic rings. The number of aromatic nitrogens is 1. The number of nitrogens with zero attached hydrogens (tertiary/aromatic N) is 1. The molecule has 1 aromatic heterocycles. The summed E-state index contributed by atoms with van der Waals surface area (Å²) in [6, 6.07) is 0. The van der Waals surface area contributed by atoms with Crippen LogP contribution in [0.1, 0.15) is 24.8 Å². The Morgan fingerprint density at radius 3 is 2.79 bits per heavy atom. The Hall–Kier alpha value is -0.880. The lowest BCUT2D eigenvalue weighted by molar-refractivity contribution is 0.492. The molecule has 0 saturated carbocycles. The molecule has 0 spiro atoms. The van der Waals surface area contributed by atoms with Gasteiger partial charge >= 0.3 is 0 Å². The van der Waals surface area contributed by atoms with E-state index in [2.05, 4.69) is 9.71 Å². The van der Waals surface area contributed by atoms with Gasteiger partial charge in [0.05, 0.1) is 18.0 Å². The van der Waals surface area contributed by atoms with Crippen LogP contribution in [0.5, 0.6) is 0 Å². The number of aryl methyl sites for hydroxylation is 1. The van der Waals surface area contributed by atoms with Crippen LogP contribution in [0.4, 0.5) is 0 Å². The number of hydrogen-bond donors (Lipinski definition) is 1. The van der Waals surface area contributed by atoms with Crippen LogP contribution in [-0.2, 0) is 16.6 Å². The van der Waals surface area contributed by atoms with E-state index in [4.69, 9.17) is 4.42 Å². The molecule has 0 aliphatic carbocycles. The van der Waals surface area contributed by atoms with Crippen molar-refractivity contribution in [2.45, 2.75) is 26.8 Å². The smallest absolute Gasteiger partial charge is 0.211 e. The quantitative estimate of drug-likeness (QED) is 0.794. The zero-order valence-corrected chi connectivity index (χ0v) is 9.10. The van der Waals surface area contributed by atoms with Crippen LogP contribution >= 0.6 is 0 Å². The molecule has 1 aromatic rings. The van der Waals surface area contributed by atoms with Gasteiger partial charge in [-0.15, -0.1) is 0 Å². The Bertz CT molecular complexity index is 383. The highest BCUT2D eigenvalue weighted by molar-refractivity contribution is 7.89. The molecule has 14 heavy (non-hydrogen) atoms. The van der Waals surface area contributed by atoms with Crippen molar-refractivity contribution in [3.63, 3.8) is 0 Å². The molecule has 1 N–H and O–H groups in total. The summed E-state index contributed by atoms with van der Waals surface area (Å²) in [5.74, 6) is 0.699. The molecule has 80 valence electrons. The fraction of sp³-hybridized carbons (Fsp3) is 0.625. The minimum Gasteiger partial charge on any atom is -0.447 e. The highest BCUT2D eigenvalue weighted by Crippen LogP contribution is 2.04. The molecule has 6 heteroatoms. The summed E-state index contributed by atoms with van der Waals surface area (Å²) in [6.45, 7) is 3.76. The SMILES string of the molecule is CCCS(=O)(=O)NCc1ocnc1C. The van der Waals surface area contributed by atoms with Gasteiger partial charge in [0, 0.05) is 0 Å². The third-order valence-electron chi connectivity index (χ3n) is 1.77. The van der Waals surface area contributed by atoms with E-state index in [0.717, 1.165) is 0 Å². The zero-order chi connectivity index (χ0) is 10.6. The summed E-state index contributed by atoms with van der Waals surface area (Å²) in [5, 5.41) is 0. The van der Waals surface area contributed by atoms with Gasteiger partial charge < -0.3 is 4.42 Å². The fourth-order valence-electron chi connectivity index (χ4n) is 1.01. The molecule has 0 radical (unpaired) electrons. The number of nitrogens with one attached hydrogen (secondary N) is 1. The maximum absolute atomic E-state index is 11.3. The third-order valence-corrected chi connectivity index (χ3v) is 3.30. The first-order valence-corrected chi connectivity index (χ1v) is 6.06. The van der Waals surface area contributed by atoms with Crippen LogP contribution in [0.15, 0.2) is 10.8 Å². The Balaban J connectivity index is 2.53. The third kappa shape index (κ3) is 3.12. The average molecular weight is 218 g/mol. The van der Waals surface area contributed by atoms with Crippen LogP contribution in [-0.4, -0.2) is 19.2 Å². The van der Waals surface area contributed by atoms with Gasteiger partial charge in [-0.1, -0.05) is 6.92 Å². The predicted molar refractivity (Wildman–Crippen MR) is 52.2 cm³/mol. The van der Waals surface area contributed by atoms with Crippen molar-refractivity contribution >= 4 is 10.0 Å². The lowest BCUT2D eigenvalue weighted by atomic mass is 10.4. The van der Waals surface area contributed by atoms with E-state index in [0.29, 0.717) is 17.9 Å². The molecule has 0 unspecified atom stereocenters. The highest BCUT2D eigenvalue weighted by atomic mass is 32.2. The van der Waals surface area contributed by atoms with E-state index < -0.39 is 10.0 Å².